The predicted octanol–water partition coefficient (Wildman–Crippen LogP) is 5.04. The molecule has 2 aromatic rings. The van der Waals surface area contributed by atoms with E-state index in [1.807, 2.05) is 48.5 Å². The van der Waals surface area contributed by atoms with Crippen molar-refractivity contribution < 1.29 is 49.2 Å². The molecule has 0 saturated carbocycles. The van der Waals surface area contributed by atoms with Crippen LogP contribution in [0.25, 0.3) is 0 Å². The normalized spacial score (nSPS) is 11.4. The van der Waals surface area contributed by atoms with Gasteiger partial charge in [0.25, 0.3) is 0 Å². The lowest BCUT2D eigenvalue weighted by atomic mass is 10.0. The van der Waals surface area contributed by atoms with Crippen LogP contribution in [0.4, 0.5) is 5.69 Å². The summed E-state index contributed by atoms with van der Waals surface area (Å²) in [5.74, 6) is 4.05. The van der Waals surface area contributed by atoms with E-state index in [4.69, 9.17) is 0 Å². The minimum absolute atomic E-state index is 0.0101. The number of Topliss-reactive ketones (excluding diaryl/α,β-unsaturated/α-hetero) is 1. The second-order valence-electron chi connectivity index (χ2n) is 15.1. The number of anilines is 1. The number of hydroxylamine groups is 6. The molecule has 2 aromatic carbocycles. The van der Waals surface area contributed by atoms with Crippen LogP contribution in [0.5, 0.6) is 0 Å². The van der Waals surface area contributed by atoms with E-state index < -0.39 is 17.7 Å². The predicted molar refractivity (Wildman–Crippen MR) is 226 cm³/mol. The Hall–Kier alpha value is -5.63. The number of ketones is 1. The maximum absolute atomic E-state index is 13.4. The Kier molecular flexibility index (Phi) is 22.8. The molecule has 0 unspecified atom stereocenters. The molecule has 6 amide bonds. The maximum Gasteiger partial charge on any atom is 0.246 e. The average Bonchev–Trinajstić information content (AvgIpc) is 3.24. The van der Waals surface area contributed by atoms with Crippen LogP contribution in [0.1, 0.15) is 133 Å². The van der Waals surface area contributed by atoms with Crippen molar-refractivity contribution in [2.45, 2.75) is 123 Å². The molecule has 1 aliphatic heterocycles. The molecular weight excluding hydrogens is 785 g/mol. The Bertz CT molecular complexity index is 1840. The molecule has 3 rings (SSSR count). The number of benzene rings is 2. The van der Waals surface area contributed by atoms with Crippen LogP contribution >= 0.6 is 0 Å². The third-order valence-corrected chi connectivity index (χ3v) is 10.2. The SMILES string of the molecule is CC(=O)N(O)CCCCCNC(=O)CCC(=O)N(O)CCCCCNC(=O)CCC(=O)N(O)CCCCCCC(=O)CCC(=O)N1Cc2ccccc2C#Cc2ccccc21. The van der Waals surface area contributed by atoms with E-state index in [1.165, 1.54) is 6.92 Å². The summed E-state index contributed by atoms with van der Waals surface area (Å²) in [5, 5.41) is 36.7. The summed E-state index contributed by atoms with van der Waals surface area (Å²) in [6.07, 6.45) is 6.39. The zero-order chi connectivity index (χ0) is 44.4. The summed E-state index contributed by atoms with van der Waals surface area (Å²) in [4.78, 5) is 87.3. The lowest BCUT2D eigenvalue weighted by Crippen LogP contribution is -2.32. The summed E-state index contributed by atoms with van der Waals surface area (Å²) >= 11 is 0. The van der Waals surface area contributed by atoms with Crippen molar-refractivity contribution >= 4 is 46.9 Å². The second-order valence-corrected chi connectivity index (χ2v) is 15.1. The van der Waals surface area contributed by atoms with Crippen molar-refractivity contribution in [3.63, 3.8) is 0 Å². The van der Waals surface area contributed by atoms with Crippen LogP contribution in [0, 0.1) is 11.8 Å². The third kappa shape index (κ3) is 19.5. The largest absolute Gasteiger partial charge is 0.356 e. The summed E-state index contributed by atoms with van der Waals surface area (Å²) in [6, 6.07) is 15.3. The Morgan fingerprint density at radius 2 is 1.05 bits per heavy atom. The topological polar surface area (TPSA) is 217 Å². The molecule has 16 nitrogen and oxygen atoms in total. The van der Waals surface area contributed by atoms with Gasteiger partial charge in [-0.2, -0.15) is 0 Å². The number of nitrogens with one attached hydrogen (secondary N) is 2. The number of carbonyl (C=O) groups is 7. The number of para-hydroxylation sites is 1. The number of nitrogens with zero attached hydrogens (tertiary/aromatic N) is 4. The highest BCUT2D eigenvalue weighted by Gasteiger charge is 2.22. The molecule has 0 atom stereocenters. The van der Waals surface area contributed by atoms with Crippen LogP contribution in [0.15, 0.2) is 48.5 Å². The molecule has 0 aliphatic carbocycles. The number of carbonyl (C=O) groups excluding carboxylic acids is 7. The Balaban J connectivity index is 1.15. The molecule has 16 heteroatoms. The fraction of sp³-hybridized carbons (Fsp3) is 0.533. The molecule has 0 radical (unpaired) electrons. The fourth-order valence-electron chi connectivity index (χ4n) is 6.52. The molecular formula is C45H62N6O10. The fourth-order valence-corrected chi connectivity index (χ4v) is 6.52. The first-order valence-corrected chi connectivity index (χ1v) is 21.4. The minimum atomic E-state index is -0.568. The number of unbranched alkanes of at least 4 members (excludes halogenated alkanes) is 7. The molecule has 0 bridgehead atoms. The van der Waals surface area contributed by atoms with E-state index in [-0.39, 0.29) is 81.7 Å². The highest BCUT2D eigenvalue weighted by molar-refractivity contribution is 5.97. The van der Waals surface area contributed by atoms with Crippen molar-refractivity contribution in [2.24, 2.45) is 0 Å². The van der Waals surface area contributed by atoms with Crippen molar-refractivity contribution in [2.75, 3.05) is 37.6 Å². The van der Waals surface area contributed by atoms with Crippen molar-refractivity contribution in [1.82, 2.24) is 25.8 Å². The van der Waals surface area contributed by atoms with Crippen molar-refractivity contribution in [3.8, 4) is 11.8 Å². The highest BCUT2D eigenvalue weighted by Crippen LogP contribution is 2.26. The van der Waals surface area contributed by atoms with Crippen LogP contribution in [-0.4, -0.2) is 105 Å². The monoisotopic (exact) mass is 846 g/mol. The Labute approximate surface area is 358 Å². The lowest BCUT2D eigenvalue weighted by molar-refractivity contribution is -0.166. The Morgan fingerprint density at radius 3 is 1.64 bits per heavy atom. The number of hydrogen-bond acceptors (Lipinski definition) is 10. The highest BCUT2D eigenvalue weighted by atomic mass is 16.5. The quantitative estimate of drug-likeness (QED) is 0.0333. The van der Waals surface area contributed by atoms with Gasteiger partial charge in [-0.05, 0) is 75.1 Å². The number of hydrogen-bond donors (Lipinski definition) is 5. The van der Waals surface area contributed by atoms with E-state index in [1.54, 1.807) is 4.90 Å². The molecule has 1 aliphatic rings. The molecule has 0 aromatic heterocycles. The molecule has 0 fully saturated rings. The average molecular weight is 847 g/mol. The van der Waals surface area contributed by atoms with Gasteiger partial charge in [0, 0.05) is 95.7 Å². The van der Waals surface area contributed by atoms with E-state index in [0.29, 0.717) is 99.0 Å². The van der Waals surface area contributed by atoms with Gasteiger partial charge in [0.1, 0.15) is 5.78 Å². The van der Waals surface area contributed by atoms with Gasteiger partial charge in [0.2, 0.25) is 35.4 Å². The van der Waals surface area contributed by atoms with Gasteiger partial charge in [-0.15, -0.1) is 0 Å². The summed E-state index contributed by atoms with van der Waals surface area (Å²) < 4.78 is 0. The first kappa shape index (κ1) is 49.7. The van der Waals surface area contributed by atoms with Gasteiger partial charge >= 0.3 is 0 Å². The van der Waals surface area contributed by atoms with Crippen LogP contribution in [-0.2, 0) is 40.1 Å². The van der Waals surface area contributed by atoms with Crippen molar-refractivity contribution in [1.29, 1.82) is 0 Å². The zero-order valence-corrected chi connectivity index (χ0v) is 35.4. The molecule has 61 heavy (non-hydrogen) atoms. The first-order valence-electron chi connectivity index (χ1n) is 21.4. The van der Waals surface area contributed by atoms with Gasteiger partial charge in [-0.25, -0.2) is 15.2 Å². The van der Waals surface area contributed by atoms with Gasteiger partial charge in [0.15, 0.2) is 0 Å². The lowest BCUT2D eigenvalue weighted by Gasteiger charge is -2.26. The van der Waals surface area contributed by atoms with E-state index in [0.717, 1.165) is 28.8 Å². The minimum Gasteiger partial charge on any atom is -0.356 e. The number of fused-ring (bicyclic) bond motifs is 2. The second kappa shape index (κ2) is 28.0. The van der Waals surface area contributed by atoms with E-state index in [9.17, 15) is 49.2 Å². The summed E-state index contributed by atoms with van der Waals surface area (Å²) in [5.41, 5.74) is 3.32. The van der Waals surface area contributed by atoms with Crippen molar-refractivity contribution in [3.05, 3.63) is 65.2 Å². The smallest absolute Gasteiger partial charge is 0.246 e. The molecule has 0 spiro atoms. The van der Waals surface area contributed by atoms with Gasteiger partial charge in [0.05, 0.1) is 12.2 Å². The standard InChI is InChI=1S/C45H62N6O10/c1-35(52)49(59)31-14-4-11-29-46-41(54)25-28-45(58)51(61)33-15-5-12-30-47-42(55)24-27-44(57)50(60)32-13-3-2-6-19-39(53)23-26-43(56)48-34-38-18-8-7-16-36(38)21-22-37-17-9-10-20-40(37)48/h7-10,16-18,20,59-61H,2-6,11-15,19,23-34H2,1H3,(H,46,54)(H,47,55). The van der Waals surface area contributed by atoms with Gasteiger partial charge in [-0.1, -0.05) is 55.0 Å². The Morgan fingerprint density at radius 1 is 0.557 bits per heavy atom. The molecule has 332 valence electrons. The maximum atomic E-state index is 13.4. The number of rotatable bonds is 28. The first-order chi connectivity index (χ1) is 29.3. The van der Waals surface area contributed by atoms with Gasteiger partial charge < -0.3 is 15.5 Å². The van der Waals surface area contributed by atoms with Gasteiger partial charge in [-0.3, -0.25) is 49.2 Å². The van der Waals surface area contributed by atoms with E-state index >= 15 is 0 Å². The molecule has 1 heterocycles. The number of amides is 6. The van der Waals surface area contributed by atoms with Crippen LogP contribution in [0.3, 0.4) is 0 Å². The molecule has 5 N–H and O–H groups in total. The summed E-state index contributed by atoms with van der Waals surface area (Å²) in [6.45, 7) is 2.81. The van der Waals surface area contributed by atoms with E-state index in [2.05, 4.69) is 22.5 Å². The molecule has 0 saturated heterocycles. The summed E-state index contributed by atoms with van der Waals surface area (Å²) in [7, 11) is 0. The van der Waals surface area contributed by atoms with Crippen LogP contribution in [0.2, 0.25) is 0 Å². The van der Waals surface area contributed by atoms with Crippen LogP contribution < -0.4 is 15.5 Å². The third-order valence-electron chi connectivity index (χ3n) is 10.2. The zero-order valence-electron chi connectivity index (χ0n) is 35.4.